The summed E-state index contributed by atoms with van der Waals surface area (Å²) in [5.74, 6) is -0.563. The van der Waals surface area contributed by atoms with E-state index in [4.69, 9.17) is 0 Å². The van der Waals surface area contributed by atoms with Crippen molar-refractivity contribution in [3.8, 4) is 0 Å². The molecule has 2 heteroatoms. The van der Waals surface area contributed by atoms with Crippen LogP contribution in [0.3, 0.4) is 0 Å². The summed E-state index contributed by atoms with van der Waals surface area (Å²) >= 11 is 0. The zero-order chi connectivity index (χ0) is 8.69. The maximum Gasteiger partial charge on any atom is 0.355 e. The average molecular weight is 157 g/mol. The van der Waals surface area contributed by atoms with E-state index < -0.39 is 5.97 Å². The second-order valence-corrected chi connectivity index (χ2v) is 3.02. The lowest BCUT2D eigenvalue weighted by Gasteiger charge is -2.10. The first-order valence-electron chi connectivity index (χ1n) is 4.40. The lowest BCUT2D eigenvalue weighted by atomic mass is 9.95. The van der Waals surface area contributed by atoms with Crippen molar-refractivity contribution in [3.63, 3.8) is 0 Å². The van der Waals surface area contributed by atoms with Crippen molar-refractivity contribution in [1.82, 2.24) is 0 Å². The molecule has 11 heavy (non-hydrogen) atoms. The molecule has 0 saturated heterocycles. The van der Waals surface area contributed by atoms with E-state index in [9.17, 15) is 9.90 Å². The topological polar surface area (TPSA) is 37.0 Å². The minimum absolute atomic E-state index is 0.238. The van der Waals surface area contributed by atoms with Crippen molar-refractivity contribution >= 4 is 5.97 Å². The van der Waals surface area contributed by atoms with Crippen molar-refractivity contribution in [1.29, 1.82) is 0 Å². The molecule has 0 atom stereocenters. The van der Waals surface area contributed by atoms with E-state index in [2.05, 4.69) is 13.8 Å². The lowest BCUT2D eigenvalue weighted by molar-refractivity contribution is -0.144. The highest BCUT2D eigenvalue weighted by molar-refractivity contribution is 5.66. The molecule has 0 bridgehead atoms. The molecular weight excluding hydrogens is 140 g/mol. The van der Waals surface area contributed by atoms with E-state index >= 15 is 0 Å². The Morgan fingerprint density at radius 3 is 1.91 bits per heavy atom. The molecule has 0 heterocycles. The second-order valence-electron chi connectivity index (χ2n) is 3.02. The van der Waals surface area contributed by atoms with E-state index in [1.165, 1.54) is 0 Å². The van der Waals surface area contributed by atoms with Crippen LogP contribution in [0, 0.1) is 5.92 Å². The molecule has 0 aromatic rings. The van der Waals surface area contributed by atoms with Gasteiger partial charge in [-0.15, -0.1) is 0 Å². The fraction of sp³-hybridized carbons (Fsp3) is 0.889. The number of hydrogen-bond donors (Lipinski definition) is 0. The van der Waals surface area contributed by atoms with Gasteiger partial charge >= 0.3 is 5.97 Å². The van der Waals surface area contributed by atoms with Crippen LogP contribution in [-0.4, -0.2) is 5.97 Å². The first kappa shape index (κ1) is 10.5. The van der Waals surface area contributed by atoms with E-state index in [1.807, 2.05) is 0 Å². The van der Waals surface area contributed by atoms with Gasteiger partial charge in [-0.25, -0.2) is 9.90 Å². The normalized spacial score (nSPS) is 10.5. The molecule has 0 amide bonds. The van der Waals surface area contributed by atoms with Gasteiger partial charge in [0.15, 0.2) is 0 Å². The maximum absolute atomic E-state index is 10.2. The molecule has 0 aliphatic carbocycles. The van der Waals surface area contributed by atoms with Crippen molar-refractivity contribution in [2.24, 2.45) is 5.92 Å². The Bertz CT molecular complexity index is 104. The molecule has 65 valence electrons. The third-order valence-electron chi connectivity index (χ3n) is 1.85. The Morgan fingerprint density at radius 2 is 1.64 bits per heavy atom. The third kappa shape index (κ3) is 5.89. The first-order chi connectivity index (χ1) is 5.20. The van der Waals surface area contributed by atoms with E-state index in [0.29, 0.717) is 5.92 Å². The summed E-state index contributed by atoms with van der Waals surface area (Å²) in [6, 6.07) is 0. The lowest BCUT2D eigenvalue weighted by Crippen LogP contribution is -2.06. The van der Waals surface area contributed by atoms with Gasteiger partial charge < -0.3 is 0 Å². The molecule has 1 radical (unpaired) electrons. The van der Waals surface area contributed by atoms with Crippen LogP contribution < -0.4 is 0 Å². The molecule has 0 aromatic carbocycles. The summed E-state index contributed by atoms with van der Waals surface area (Å²) in [4.78, 5) is 10.2. The van der Waals surface area contributed by atoms with Crippen molar-refractivity contribution in [2.75, 3.05) is 0 Å². The summed E-state index contributed by atoms with van der Waals surface area (Å²) < 4.78 is 0. The Kier molecular flexibility index (Phi) is 5.90. The molecule has 0 saturated carbocycles. The van der Waals surface area contributed by atoms with Crippen LogP contribution in [0.4, 0.5) is 0 Å². The summed E-state index contributed by atoms with van der Waals surface area (Å²) in [5, 5.41) is 10.2. The molecule has 0 aromatic heterocycles. The van der Waals surface area contributed by atoms with Crippen LogP contribution >= 0.6 is 0 Å². The molecular formula is C9H17O2. The Morgan fingerprint density at radius 1 is 1.18 bits per heavy atom. The van der Waals surface area contributed by atoms with E-state index in [-0.39, 0.29) is 6.42 Å². The average Bonchev–Trinajstić information content (AvgIpc) is 1.87. The zero-order valence-electron chi connectivity index (χ0n) is 7.43. The smallest absolute Gasteiger partial charge is 0.247 e. The van der Waals surface area contributed by atoms with Crippen molar-refractivity contribution < 1.29 is 9.90 Å². The van der Waals surface area contributed by atoms with Gasteiger partial charge in [0.25, 0.3) is 0 Å². The summed E-state index contributed by atoms with van der Waals surface area (Å²) in [7, 11) is 0. The Balaban J connectivity index is 3.59. The Labute approximate surface area is 68.6 Å². The minimum atomic E-state index is -0.906. The third-order valence-corrected chi connectivity index (χ3v) is 1.85. The fourth-order valence-electron chi connectivity index (χ4n) is 1.40. The van der Waals surface area contributed by atoms with Gasteiger partial charge in [0.1, 0.15) is 0 Å². The maximum atomic E-state index is 10.2. The predicted molar refractivity (Wildman–Crippen MR) is 43.6 cm³/mol. The summed E-state index contributed by atoms with van der Waals surface area (Å²) in [5.41, 5.74) is 0. The van der Waals surface area contributed by atoms with Crippen LogP contribution in [-0.2, 0) is 9.90 Å². The van der Waals surface area contributed by atoms with Gasteiger partial charge in [-0.1, -0.05) is 39.5 Å². The standard InChI is InChI=1S/C9H17O2/c1-3-5-8(6-4-2)7-9(10)11/h8H,3-7H2,1-2H3. The number of carbonyl (C=O) groups is 1. The Hall–Kier alpha value is -0.530. The molecule has 0 aliphatic rings. The molecule has 0 N–H and O–H groups in total. The van der Waals surface area contributed by atoms with Gasteiger partial charge in [-0.05, 0) is 5.92 Å². The molecule has 0 spiro atoms. The van der Waals surface area contributed by atoms with Crippen LogP contribution in [0.1, 0.15) is 46.0 Å². The monoisotopic (exact) mass is 157 g/mol. The fourth-order valence-corrected chi connectivity index (χ4v) is 1.40. The van der Waals surface area contributed by atoms with Crippen LogP contribution in [0.2, 0.25) is 0 Å². The zero-order valence-corrected chi connectivity index (χ0v) is 7.43. The van der Waals surface area contributed by atoms with Gasteiger partial charge in [0.05, 0.1) is 6.42 Å². The molecule has 0 fully saturated rings. The molecule has 0 rings (SSSR count). The summed E-state index contributed by atoms with van der Waals surface area (Å²) in [6.07, 6.45) is 4.40. The molecule has 0 unspecified atom stereocenters. The molecule has 0 aliphatic heterocycles. The SMILES string of the molecule is CCCC(CCC)CC([O])=O. The van der Waals surface area contributed by atoms with Gasteiger partial charge in [-0.3, -0.25) is 0 Å². The predicted octanol–water partition coefficient (Wildman–Crippen LogP) is 2.55. The van der Waals surface area contributed by atoms with Gasteiger partial charge in [-0.2, -0.15) is 0 Å². The summed E-state index contributed by atoms with van der Waals surface area (Å²) in [6.45, 7) is 4.16. The minimum Gasteiger partial charge on any atom is -0.247 e. The van der Waals surface area contributed by atoms with Crippen LogP contribution in [0.25, 0.3) is 0 Å². The number of rotatable bonds is 6. The van der Waals surface area contributed by atoms with Crippen molar-refractivity contribution in [3.05, 3.63) is 0 Å². The van der Waals surface area contributed by atoms with Gasteiger partial charge in [0.2, 0.25) is 0 Å². The highest BCUT2D eigenvalue weighted by Crippen LogP contribution is 2.17. The van der Waals surface area contributed by atoms with Crippen LogP contribution in [0.15, 0.2) is 0 Å². The van der Waals surface area contributed by atoms with E-state index in [0.717, 1.165) is 25.7 Å². The highest BCUT2D eigenvalue weighted by atomic mass is 16.4. The quantitative estimate of drug-likeness (QED) is 0.583. The van der Waals surface area contributed by atoms with Crippen molar-refractivity contribution in [2.45, 2.75) is 46.0 Å². The van der Waals surface area contributed by atoms with Crippen LogP contribution in [0.5, 0.6) is 0 Å². The number of hydrogen-bond acceptors (Lipinski definition) is 1. The largest absolute Gasteiger partial charge is 0.355 e. The first-order valence-corrected chi connectivity index (χ1v) is 4.40. The molecule has 2 nitrogen and oxygen atoms in total. The van der Waals surface area contributed by atoms with E-state index in [1.54, 1.807) is 0 Å². The number of carbonyl (C=O) groups excluding carboxylic acids is 1. The highest BCUT2D eigenvalue weighted by Gasteiger charge is 2.11. The second kappa shape index (κ2) is 6.20. The van der Waals surface area contributed by atoms with Gasteiger partial charge in [0, 0.05) is 0 Å².